The summed E-state index contributed by atoms with van der Waals surface area (Å²) in [5.41, 5.74) is 0.934. The number of benzene rings is 2. The van der Waals surface area contributed by atoms with E-state index < -0.39 is 10.0 Å². The van der Waals surface area contributed by atoms with Gasteiger partial charge < -0.3 is 5.11 Å². The smallest absolute Gasteiger partial charge is 0.263 e. The van der Waals surface area contributed by atoms with E-state index in [1.54, 1.807) is 30.3 Å². The van der Waals surface area contributed by atoms with E-state index in [1.165, 1.54) is 6.07 Å². The molecule has 2 aromatic rings. The van der Waals surface area contributed by atoms with Gasteiger partial charge in [-0.05, 0) is 74.4 Å². The Hall–Kier alpha value is -0.350. The molecule has 0 fully saturated rings. The highest BCUT2D eigenvalue weighted by Crippen LogP contribution is 2.29. The molecule has 0 radical (unpaired) electrons. The second-order valence-corrected chi connectivity index (χ2v) is 8.31. The van der Waals surface area contributed by atoms with Crippen LogP contribution >= 0.6 is 50.1 Å². The van der Waals surface area contributed by atoms with Crippen LogP contribution in [-0.2, 0) is 16.6 Å². The van der Waals surface area contributed by atoms with Gasteiger partial charge in [-0.25, -0.2) is 8.42 Å². The van der Waals surface area contributed by atoms with Gasteiger partial charge in [0.25, 0.3) is 10.0 Å². The minimum atomic E-state index is -3.77. The molecular formula is C13H10BrClINO3S. The molecule has 0 unspecified atom stereocenters. The molecule has 2 rings (SSSR count). The van der Waals surface area contributed by atoms with Crippen molar-refractivity contribution in [3.8, 4) is 0 Å². The van der Waals surface area contributed by atoms with Crippen LogP contribution in [0.3, 0.4) is 0 Å². The maximum absolute atomic E-state index is 12.4. The van der Waals surface area contributed by atoms with Crippen molar-refractivity contribution in [3.63, 3.8) is 0 Å². The van der Waals surface area contributed by atoms with Gasteiger partial charge in [0.1, 0.15) is 4.90 Å². The first-order valence-corrected chi connectivity index (χ1v) is 9.44. The first-order valence-electron chi connectivity index (χ1n) is 5.70. The summed E-state index contributed by atoms with van der Waals surface area (Å²) in [6.45, 7) is -0.157. The molecule has 0 saturated carbocycles. The van der Waals surface area contributed by atoms with E-state index in [4.69, 9.17) is 16.7 Å². The molecule has 0 atom stereocenters. The minimum Gasteiger partial charge on any atom is -0.392 e. The summed E-state index contributed by atoms with van der Waals surface area (Å²) in [5, 5.41) is 9.38. The number of anilines is 1. The Bertz CT molecular complexity index is 783. The van der Waals surface area contributed by atoms with Crippen LogP contribution in [0.5, 0.6) is 0 Å². The van der Waals surface area contributed by atoms with Crippen LogP contribution in [0, 0.1) is 3.57 Å². The van der Waals surface area contributed by atoms with Crippen molar-refractivity contribution >= 4 is 65.8 Å². The van der Waals surface area contributed by atoms with Gasteiger partial charge in [-0.1, -0.05) is 17.7 Å². The number of halogens is 3. The van der Waals surface area contributed by atoms with Gasteiger partial charge in [0, 0.05) is 8.04 Å². The molecular weight excluding hydrogens is 492 g/mol. The van der Waals surface area contributed by atoms with Gasteiger partial charge in [0.15, 0.2) is 0 Å². The molecule has 0 aliphatic carbocycles. The van der Waals surface area contributed by atoms with Crippen molar-refractivity contribution in [2.24, 2.45) is 0 Å². The highest BCUT2D eigenvalue weighted by Gasteiger charge is 2.19. The Morgan fingerprint density at radius 1 is 1.24 bits per heavy atom. The van der Waals surface area contributed by atoms with E-state index in [9.17, 15) is 8.42 Å². The molecule has 8 heteroatoms. The van der Waals surface area contributed by atoms with Crippen molar-refractivity contribution in [1.82, 2.24) is 0 Å². The molecule has 0 aliphatic heterocycles. The van der Waals surface area contributed by atoms with Crippen molar-refractivity contribution in [3.05, 3.63) is 55.0 Å². The zero-order chi connectivity index (χ0) is 15.6. The number of hydrogen-bond acceptors (Lipinski definition) is 3. The molecule has 0 aliphatic rings. The first-order chi connectivity index (χ1) is 9.83. The summed E-state index contributed by atoms with van der Waals surface area (Å²) in [6, 6.07) is 9.58. The summed E-state index contributed by atoms with van der Waals surface area (Å²) < 4.78 is 28.5. The largest absolute Gasteiger partial charge is 0.392 e. The summed E-state index contributed by atoms with van der Waals surface area (Å²) >= 11 is 11.3. The predicted octanol–water partition coefficient (Wildman–Crippen LogP) is 4.00. The normalized spacial score (nSPS) is 11.4. The molecule has 112 valence electrons. The molecule has 2 N–H and O–H groups in total. The molecule has 0 bridgehead atoms. The number of nitrogens with one attached hydrogen (secondary N) is 1. The van der Waals surface area contributed by atoms with E-state index in [-0.39, 0.29) is 11.5 Å². The van der Waals surface area contributed by atoms with E-state index in [0.29, 0.717) is 20.7 Å². The zero-order valence-electron chi connectivity index (χ0n) is 10.5. The van der Waals surface area contributed by atoms with E-state index >= 15 is 0 Å². The Morgan fingerprint density at radius 3 is 2.52 bits per heavy atom. The average Bonchev–Trinajstić information content (AvgIpc) is 2.41. The highest BCUT2D eigenvalue weighted by molar-refractivity contribution is 14.1. The SMILES string of the molecule is O=S(=O)(Nc1ccc(I)cc1Cl)c1ccc(CO)cc1Br. The summed E-state index contributed by atoms with van der Waals surface area (Å²) in [6.07, 6.45) is 0. The maximum atomic E-state index is 12.4. The fourth-order valence-electron chi connectivity index (χ4n) is 1.63. The summed E-state index contributed by atoms with van der Waals surface area (Å²) in [7, 11) is -3.77. The van der Waals surface area contributed by atoms with E-state index in [2.05, 4.69) is 43.2 Å². The zero-order valence-corrected chi connectivity index (χ0v) is 15.8. The fraction of sp³-hybridized carbons (Fsp3) is 0.0769. The quantitative estimate of drug-likeness (QED) is 0.622. The van der Waals surface area contributed by atoms with Crippen LogP contribution in [0.25, 0.3) is 0 Å². The van der Waals surface area contributed by atoms with Crippen LogP contribution < -0.4 is 4.72 Å². The minimum absolute atomic E-state index is 0.0781. The lowest BCUT2D eigenvalue weighted by Crippen LogP contribution is -2.14. The lowest BCUT2D eigenvalue weighted by atomic mass is 10.2. The average molecular weight is 503 g/mol. The Kier molecular flexibility index (Phi) is 5.53. The van der Waals surface area contributed by atoms with Gasteiger partial charge in [-0.3, -0.25) is 4.72 Å². The molecule has 0 saturated heterocycles. The lowest BCUT2D eigenvalue weighted by molar-refractivity contribution is 0.281. The maximum Gasteiger partial charge on any atom is 0.263 e. The van der Waals surface area contributed by atoms with Crippen molar-refractivity contribution in [2.45, 2.75) is 11.5 Å². The van der Waals surface area contributed by atoms with Crippen LogP contribution in [-0.4, -0.2) is 13.5 Å². The van der Waals surface area contributed by atoms with Gasteiger partial charge in [-0.2, -0.15) is 0 Å². The monoisotopic (exact) mass is 501 g/mol. The number of aliphatic hydroxyl groups excluding tert-OH is 1. The van der Waals surface area contributed by atoms with Gasteiger partial charge in [0.2, 0.25) is 0 Å². The molecule has 2 aromatic carbocycles. The molecule has 0 spiro atoms. The molecule has 4 nitrogen and oxygen atoms in total. The van der Waals surface area contributed by atoms with Crippen LogP contribution in [0.1, 0.15) is 5.56 Å². The fourth-order valence-corrected chi connectivity index (χ4v) is 4.80. The third-order valence-electron chi connectivity index (χ3n) is 2.64. The van der Waals surface area contributed by atoms with Gasteiger partial charge in [-0.15, -0.1) is 0 Å². The highest BCUT2D eigenvalue weighted by atomic mass is 127. The van der Waals surface area contributed by atoms with Crippen LogP contribution in [0.4, 0.5) is 5.69 Å². The van der Waals surface area contributed by atoms with E-state index in [0.717, 1.165) is 3.57 Å². The second kappa shape index (κ2) is 6.82. The standard InChI is InChI=1S/C13H10BrClINO3S/c14-10-5-8(7-18)1-4-13(10)21(19,20)17-12-3-2-9(16)6-11(12)15/h1-6,17-18H,7H2. The molecule has 21 heavy (non-hydrogen) atoms. The number of hydrogen-bond donors (Lipinski definition) is 2. The van der Waals surface area contributed by atoms with Gasteiger partial charge in [0.05, 0.1) is 17.3 Å². The summed E-state index contributed by atoms with van der Waals surface area (Å²) in [5.74, 6) is 0. The Morgan fingerprint density at radius 2 is 1.95 bits per heavy atom. The van der Waals surface area contributed by atoms with Crippen molar-refractivity contribution < 1.29 is 13.5 Å². The first kappa shape index (κ1) is 17.0. The third-order valence-corrected chi connectivity index (χ3v) is 5.97. The number of sulfonamides is 1. The third kappa shape index (κ3) is 4.10. The van der Waals surface area contributed by atoms with E-state index in [1.807, 2.05) is 0 Å². The second-order valence-electron chi connectivity index (χ2n) is 4.15. The lowest BCUT2D eigenvalue weighted by Gasteiger charge is -2.12. The topological polar surface area (TPSA) is 66.4 Å². The van der Waals surface area contributed by atoms with Crippen LogP contribution in [0.15, 0.2) is 45.8 Å². The summed E-state index contributed by atoms with van der Waals surface area (Å²) in [4.78, 5) is 0.0781. The molecule has 0 aromatic heterocycles. The van der Waals surface area contributed by atoms with Crippen molar-refractivity contribution in [1.29, 1.82) is 0 Å². The molecule has 0 heterocycles. The number of aliphatic hydroxyl groups is 1. The Labute approximate surface area is 149 Å². The van der Waals surface area contributed by atoms with Crippen molar-refractivity contribution in [2.75, 3.05) is 4.72 Å². The molecule has 0 amide bonds. The van der Waals surface area contributed by atoms with Crippen LogP contribution in [0.2, 0.25) is 5.02 Å². The Balaban J connectivity index is 2.38. The van der Waals surface area contributed by atoms with Gasteiger partial charge >= 0.3 is 0 Å². The number of rotatable bonds is 4. The predicted molar refractivity (Wildman–Crippen MR) is 95.0 cm³/mol.